The van der Waals surface area contributed by atoms with Crippen LogP contribution in [-0.4, -0.2) is 67.6 Å². The monoisotopic (exact) mass is 352 g/mol. The molecule has 0 saturated heterocycles. The van der Waals surface area contributed by atoms with Crippen LogP contribution in [0.5, 0.6) is 0 Å². The minimum Gasteiger partial charge on any atom is -0.481 e. The number of hydrogen-bond acceptors (Lipinski definition) is 4. The number of carbonyl (C=O) groups is 2. The molecule has 0 aromatic rings. The third-order valence-electron chi connectivity index (χ3n) is 2.55. The van der Waals surface area contributed by atoms with E-state index < -0.39 is 22.3 Å². The van der Waals surface area contributed by atoms with Crippen molar-refractivity contribution in [3.63, 3.8) is 0 Å². The second-order valence-corrected chi connectivity index (χ2v) is 7.27. The van der Waals surface area contributed by atoms with Crippen molar-refractivity contribution in [2.45, 2.75) is 62.0 Å². The van der Waals surface area contributed by atoms with E-state index in [1.807, 2.05) is 0 Å². The minimum absolute atomic E-state index is 0.296. The number of carboxylic acid groups (broad SMARTS) is 2. The van der Waals surface area contributed by atoms with Crippen LogP contribution in [0.1, 0.15) is 58.8 Å². The number of carboxylic acids is 2. The maximum absolute atomic E-state index is 9.64. The second kappa shape index (κ2) is 17.2. The van der Waals surface area contributed by atoms with Gasteiger partial charge in [-0.2, -0.15) is 8.42 Å². The van der Waals surface area contributed by atoms with Crippen molar-refractivity contribution < 1.29 is 37.3 Å². The molecule has 0 amide bonds. The van der Waals surface area contributed by atoms with Crippen LogP contribution in [-0.2, 0) is 20.0 Å². The molecule has 1 unspecified atom stereocenters. The molecular formula is C12H25NaO8S. The third-order valence-corrected chi connectivity index (χ3v) is 3.94. The Balaban J connectivity index is -0.000000257. The molecule has 0 heterocycles. The first-order chi connectivity index (χ1) is 9.93. The summed E-state index contributed by atoms with van der Waals surface area (Å²) in [5.41, 5.74) is 0. The van der Waals surface area contributed by atoms with Crippen molar-refractivity contribution in [1.29, 1.82) is 0 Å². The topological polar surface area (TPSA) is 149 Å². The van der Waals surface area contributed by atoms with E-state index in [-0.39, 0.29) is 12.8 Å². The molecule has 0 aliphatic carbocycles. The summed E-state index contributed by atoms with van der Waals surface area (Å²) >= 11 is 1.41. The number of unbranched alkanes of at least 4 members (excludes halogenated alkanes) is 2. The Kier molecular flexibility index (Phi) is 20.8. The van der Waals surface area contributed by atoms with Gasteiger partial charge in [0.25, 0.3) is 0 Å². The van der Waals surface area contributed by atoms with Crippen LogP contribution in [0.15, 0.2) is 0 Å². The van der Waals surface area contributed by atoms with Crippen LogP contribution < -0.4 is 0 Å². The van der Waals surface area contributed by atoms with Crippen LogP contribution in [0.4, 0.5) is 0 Å². The molecule has 1 atom stereocenters. The molecule has 0 saturated carbocycles. The van der Waals surface area contributed by atoms with Gasteiger partial charge in [0.1, 0.15) is 0 Å². The fourth-order valence-corrected chi connectivity index (χ4v) is 1.57. The van der Waals surface area contributed by atoms with Crippen LogP contribution in [0.3, 0.4) is 0 Å². The third kappa shape index (κ3) is 50.3. The predicted molar refractivity (Wildman–Crippen MR) is 82.6 cm³/mol. The molecule has 8 nitrogen and oxygen atoms in total. The van der Waals surface area contributed by atoms with Crippen LogP contribution in [0.2, 0.25) is 3.17 Å². The summed E-state index contributed by atoms with van der Waals surface area (Å²) < 4.78 is 32.7. The summed E-state index contributed by atoms with van der Waals surface area (Å²) in [4.78, 5) is 19.3. The molecule has 22 heavy (non-hydrogen) atoms. The molecule has 0 aromatic carbocycles. The van der Waals surface area contributed by atoms with Crippen molar-refractivity contribution in [3.8, 4) is 0 Å². The Hall–Kier alpha value is -0.190. The van der Waals surface area contributed by atoms with Gasteiger partial charge in [0.05, 0.1) is 12.8 Å². The molecule has 0 bridgehead atoms. The molecular weight excluding hydrogens is 327 g/mol. The number of hydrogen-bond donors (Lipinski definition) is 4. The van der Waals surface area contributed by atoms with Gasteiger partial charge in [-0.05, 0) is 0 Å². The predicted octanol–water partition coefficient (Wildman–Crippen LogP) is 2.22. The van der Waals surface area contributed by atoms with Gasteiger partial charge in [-0.1, -0.05) is 0 Å². The zero-order chi connectivity index (χ0) is 18.2. The summed E-state index contributed by atoms with van der Waals surface area (Å²) in [5.74, 6) is -2.15. The summed E-state index contributed by atoms with van der Waals surface area (Å²) in [6.45, 7) is 4.58. The molecule has 0 rings (SSSR count). The molecule has 0 aromatic heterocycles. The van der Waals surface area contributed by atoms with Crippen LogP contribution in [0.25, 0.3) is 0 Å². The average molecular weight is 352 g/mol. The van der Waals surface area contributed by atoms with E-state index in [0.29, 0.717) is 0 Å². The van der Waals surface area contributed by atoms with Gasteiger partial charge in [-0.3, -0.25) is 18.7 Å². The molecule has 0 spiro atoms. The molecule has 4 N–H and O–H groups in total. The Morgan fingerprint density at radius 1 is 1.00 bits per heavy atom. The van der Waals surface area contributed by atoms with Crippen molar-refractivity contribution in [1.82, 2.24) is 0 Å². The molecule has 128 valence electrons. The fourth-order valence-electron chi connectivity index (χ4n) is 1.16. The van der Waals surface area contributed by atoms with E-state index in [1.54, 1.807) is 0 Å². The molecule has 0 fully saturated rings. The van der Waals surface area contributed by atoms with Gasteiger partial charge < -0.3 is 10.2 Å². The van der Waals surface area contributed by atoms with E-state index in [0.717, 1.165) is 3.17 Å². The summed E-state index contributed by atoms with van der Waals surface area (Å²) in [7, 11) is -4.67. The van der Waals surface area contributed by atoms with Gasteiger partial charge in [0.15, 0.2) is 0 Å². The SMILES string of the molecule is CCCCC[CH]([Na])CC.O=C(O)CCC(=O)O.O=S(=O)(O)O. The van der Waals surface area contributed by atoms with Gasteiger partial charge in [0, 0.05) is 0 Å². The molecule has 0 aliphatic rings. The van der Waals surface area contributed by atoms with Crippen molar-refractivity contribution in [2.75, 3.05) is 0 Å². The van der Waals surface area contributed by atoms with Crippen molar-refractivity contribution in [2.24, 2.45) is 0 Å². The first-order valence-electron chi connectivity index (χ1n) is 7.07. The Morgan fingerprint density at radius 2 is 1.36 bits per heavy atom. The maximum atomic E-state index is 9.64. The number of aliphatic carboxylic acids is 2. The smallest absolute Gasteiger partial charge is 0.394 e. The summed E-state index contributed by atoms with van der Waals surface area (Å²) in [6.07, 6.45) is 6.60. The van der Waals surface area contributed by atoms with Crippen LogP contribution in [0, 0.1) is 0 Å². The quantitative estimate of drug-likeness (QED) is 0.295. The number of rotatable bonds is 8. The Labute approximate surface area is 149 Å². The zero-order valence-electron chi connectivity index (χ0n) is 13.4. The summed E-state index contributed by atoms with van der Waals surface area (Å²) in [6, 6.07) is 0. The van der Waals surface area contributed by atoms with Gasteiger partial charge in [-0.15, -0.1) is 0 Å². The van der Waals surface area contributed by atoms with Gasteiger partial charge in [-0.25, -0.2) is 0 Å². The Bertz CT molecular complexity index is 361. The molecule has 10 heteroatoms. The van der Waals surface area contributed by atoms with Crippen molar-refractivity contribution >= 4 is 50.3 Å². The molecule has 0 radical (unpaired) electrons. The first kappa shape index (κ1) is 26.7. The van der Waals surface area contributed by atoms with E-state index in [1.165, 1.54) is 60.0 Å². The minimum atomic E-state index is -4.67. The standard InChI is InChI=1S/C8H17.C4H6O4.Na.H2O4S/c1-3-5-7-8-6-4-2;5-3(6)1-2-4(7)8;;1-5(2,3)4/h5H,3-4,6-8H2,1-2H3;1-2H2,(H,5,6)(H,7,8);;(H2,1,2,3,4). The van der Waals surface area contributed by atoms with Crippen LogP contribution >= 0.6 is 0 Å². The van der Waals surface area contributed by atoms with E-state index in [4.69, 9.17) is 27.7 Å². The molecule has 0 aliphatic heterocycles. The van der Waals surface area contributed by atoms with E-state index >= 15 is 0 Å². The summed E-state index contributed by atoms with van der Waals surface area (Å²) in [5, 5.41) is 15.8. The fraction of sp³-hybridized carbons (Fsp3) is 0.833. The average Bonchev–Trinajstić information content (AvgIpc) is 2.35. The first-order valence-corrected chi connectivity index (χ1v) is 9.62. The zero-order valence-corrected chi connectivity index (χ0v) is 16.2. The normalized spacial score (nSPS) is 11.4. The maximum Gasteiger partial charge on any atom is 0.394 e. The van der Waals surface area contributed by atoms with Gasteiger partial charge >= 0.3 is 99.4 Å². The van der Waals surface area contributed by atoms with E-state index in [9.17, 15) is 9.59 Å². The largest absolute Gasteiger partial charge is 0.481 e. The van der Waals surface area contributed by atoms with E-state index in [2.05, 4.69) is 13.8 Å². The Morgan fingerprint density at radius 3 is 1.59 bits per heavy atom. The second-order valence-electron chi connectivity index (χ2n) is 4.74. The van der Waals surface area contributed by atoms with Crippen molar-refractivity contribution in [3.05, 3.63) is 0 Å². The van der Waals surface area contributed by atoms with Gasteiger partial charge in [0.2, 0.25) is 0 Å².